The van der Waals surface area contributed by atoms with Crippen LogP contribution in [0.3, 0.4) is 0 Å². The highest BCUT2D eigenvalue weighted by atomic mass is 127. The summed E-state index contributed by atoms with van der Waals surface area (Å²) in [6.07, 6.45) is 16.6. The molecule has 23 heteroatoms. The maximum absolute atomic E-state index is 14.3. The Hall–Kier alpha value is -1.39. The molecule has 392 valence electrons. The number of rotatable bonds is 12. The number of piperidine rings is 2. The molecule has 4 aliphatic rings. The predicted octanol–water partition coefficient (Wildman–Crippen LogP) is 12.3. The molecule has 0 unspecified atom stereocenters. The largest absolute Gasteiger partial charge is 0.598 e. The van der Waals surface area contributed by atoms with Crippen molar-refractivity contribution in [2.45, 2.75) is 174 Å². The van der Waals surface area contributed by atoms with Crippen LogP contribution >= 0.6 is 91.9 Å². The van der Waals surface area contributed by atoms with E-state index in [0.717, 1.165) is 102 Å². The molecule has 0 aromatic carbocycles. The van der Waals surface area contributed by atoms with Crippen LogP contribution in [-0.4, -0.2) is 98.5 Å². The molecule has 72 heavy (non-hydrogen) atoms. The van der Waals surface area contributed by atoms with Crippen molar-refractivity contribution >= 4 is 144 Å². The van der Waals surface area contributed by atoms with E-state index in [1.165, 1.54) is 28.4 Å². The minimum Gasteiger partial charge on any atom is -0.598 e. The molecule has 15 nitrogen and oxygen atoms in total. The minimum atomic E-state index is -1.11. The SMILES string of the molecule is CC(C)(C)OC(=O)N(c1nccc(Sc2ncc(N3CCC4(CCC[C@H]4N[S@+]([O-])C(C)(C)C)CC3)nc2I)c1Cl)c1nccc(Sc2ncc(N3CCC4(CCC[C@H]4N[S@+]([O-])C(C)(C)C)CC3)nc2I)c1Cl. The molecule has 4 aromatic heterocycles. The van der Waals surface area contributed by atoms with Crippen LogP contribution in [-0.2, 0) is 27.5 Å². The highest BCUT2D eigenvalue weighted by Crippen LogP contribution is 2.50. The van der Waals surface area contributed by atoms with E-state index in [0.29, 0.717) is 27.2 Å². The molecule has 2 saturated carbocycles. The second-order valence-electron chi connectivity index (χ2n) is 22.1. The number of hydrogen-bond acceptors (Lipinski definition) is 16. The van der Waals surface area contributed by atoms with Crippen molar-refractivity contribution in [1.82, 2.24) is 39.3 Å². The van der Waals surface area contributed by atoms with Crippen LogP contribution in [0.5, 0.6) is 0 Å². The molecule has 0 bridgehead atoms. The van der Waals surface area contributed by atoms with Gasteiger partial charge in [-0.2, -0.15) is 0 Å². The summed E-state index contributed by atoms with van der Waals surface area (Å²) in [7, 11) is 0. The van der Waals surface area contributed by atoms with E-state index in [9.17, 15) is 13.9 Å². The summed E-state index contributed by atoms with van der Waals surface area (Å²) in [5.41, 5.74) is -0.613. The van der Waals surface area contributed by atoms with Gasteiger partial charge in [-0.15, -0.1) is 9.44 Å². The van der Waals surface area contributed by atoms with Crippen molar-refractivity contribution in [2.75, 3.05) is 40.9 Å². The van der Waals surface area contributed by atoms with Crippen molar-refractivity contribution in [1.29, 1.82) is 0 Å². The van der Waals surface area contributed by atoms with Crippen molar-refractivity contribution in [3.8, 4) is 0 Å². The van der Waals surface area contributed by atoms with Crippen LogP contribution < -0.4 is 24.1 Å². The van der Waals surface area contributed by atoms with Crippen LogP contribution in [0, 0.1) is 18.2 Å². The fourth-order valence-corrected chi connectivity index (χ4v) is 15.6. The number of nitrogens with one attached hydrogen (secondary N) is 2. The van der Waals surface area contributed by atoms with Gasteiger partial charge in [0.2, 0.25) is 0 Å². The third kappa shape index (κ3) is 13.0. The summed E-state index contributed by atoms with van der Waals surface area (Å²) in [5.74, 6) is 1.80. The Balaban J connectivity index is 0.968. The standard InChI is InChI=1S/C49H65Cl2I2N11O4S4/c1-45(2,3)68-44(65)64(40-36(50)30(14-22-54-40)69-42-38(52)58-34(28-56-42)62-24-18-48(19-25-62)16-10-12-32(48)60-71(66)46(4,5)6)41-37(51)31(15-23-55-41)70-43-39(53)59-35(29-57-43)63-26-20-49(21-27-63)17-11-13-33(49)61-72(67)47(7,8)9/h14-15,22-23,28-29,32-33,60-61H,10-13,16-21,24-27H2,1-9H3/t32-,33-,71-,72-/m1/s1. The fourth-order valence-electron chi connectivity index (χ4n) is 10.0. The van der Waals surface area contributed by atoms with Gasteiger partial charge in [0.05, 0.1) is 34.5 Å². The third-order valence-electron chi connectivity index (χ3n) is 14.0. The molecule has 2 aliphatic carbocycles. The van der Waals surface area contributed by atoms with Gasteiger partial charge >= 0.3 is 6.09 Å². The molecule has 1 amide bonds. The van der Waals surface area contributed by atoms with E-state index in [1.807, 2.05) is 53.9 Å². The smallest absolute Gasteiger partial charge is 0.422 e. The molecule has 2 spiro atoms. The number of nitrogens with zero attached hydrogens (tertiary/aromatic N) is 9. The Labute approximate surface area is 477 Å². The number of hydrogen-bond donors (Lipinski definition) is 2. The Kier molecular flexibility index (Phi) is 18.1. The van der Waals surface area contributed by atoms with Gasteiger partial charge in [0.15, 0.2) is 11.6 Å². The number of halogens is 4. The Bertz CT molecular complexity index is 2430. The van der Waals surface area contributed by atoms with E-state index in [2.05, 4.69) is 74.4 Å². The van der Waals surface area contributed by atoms with Gasteiger partial charge in [-0.3, -0.25) is 0 Å². The van der Waals surface area contributed by atoms with Gasteiger partial charge in [0, 0.05) is 71.1 Å². The lowest BCUT2D eigenvalue weighted by Gasteiger charge is -2.44. The lowest BCUT2D eigenvalue weighted by Crippen LogP contribution is -2.53. The average Bonchev–Trinajstić information content (AvgIpc) is 3.88. The monoisotopic (exact) mass is 1320 g/mol. The second kappa shape index (κ2) is 22.9. The van der Waals surface area contributed by atoms with Gasteiger partial charge in [-0.1, -0.05) is 59.6 Å². The van der Waals surface area contributed by atoms with Crippen LogP contribution in [0.25, 0.3) is 0 Å². The van der Waals surface area contributed by atoms with Crippen molar-refractivity contribution in [2.24, 2.45) is 10.8 Å². The summed E-state index contributed by atoms with van der Waals surface area (Å²) in [5, 5.41) is 1.65. The van der Waals surface area contributed by atoms with E-state index in [-0.39, 0.29) is 54.1 Å². The zero-order valence-corrected chi connectivity index (χ0v) is 51.4. The first kappa shape index (κ1) is 56.8. The maximum Gasteiger partial charge on any atom is 0.422 e. The number of carbonyl (C=O) groups is 1. The van der Waals surface area contributed by atoms with Gasteiger partial charge in [-0.05, 0) is 182 Å². The van der Waals surface area contributed by atoms with Crippen LogP contribution in [0.2, 0.25) is 10.0 Å². The zero-order chi connectivity index (χ0) is 52.0. The number of ether oxygens (including phenoxy) is 1. The van der Waals surface area contributed by atoms with Gasteiger partial charge in [0.25, 0.3) is 0 Å². The number of amides is 1. The van der Waals surface area contributed by atoms with Crippen LogP contribution in [0.4, 0.5) is 28.1 Å². The maximum atomic E-state index is 14.3. The van der Waals surface area contributed by atoms with Crippen molar-refractivity contribution in [3.63, 3.8) is 0 Å². The topological polar surface area (TPSA) is 184 Å². The highest BCUT2D eigenvalue weighted by Gasteiger charge is 2.49. The third-order valence-corrected chi connectivity index (χ3v) is 22.6. The van der Waals surface area contributed by atoms with Gasteiger partial charge < -0.3 is 23.6 Å². The van der Waals surface area contributed by atoms with E-state index in [4.69, 9.17) is 47.9 Å². The number of anilines is 4. The lowest BCUT2D eigenvalue weighted by molar-refractivity contribution is 0.0597. The summed E-state index contributed by atoms with van der Waals surface area (Å²) in [6.45, 7) is 20.8. The molecule has 0 radical (unpaired) electrons. The number of aromatic nitrogens is 6. The lowest BCUT2D eigenvalue weighted by atomic mass is 9.74. The minimum absolute atomic E-state index is 0.0875. The van der Waals surface area contributed by atoms with E-state index >= 15 is 0 Å². The first-order valence-electron chi connectivity index (χ1n) is 24.5. The van der Waals surface area contributed by atoms with E-state index in [1.54, 1.807) is 45.3 Å². The van der Waals surface area contributed by atoms with Crippen molar-refractivity contribution < 1.29 is 18.6 Å². The molecule has 2 aliphatic heterocycles. The molecule has 4 fully saturated rings. The van der Waals surface area contributed by atoms with E-state index < -0.39 is 34.4 Å². The summed E-state index contributed by atoms with van der Waals surface area (Å²) in [4.78, 5) is 50.2. The molecule has 2 saturated heterocycles. The summed E-state index contributed by atoms with van der Waals surface area (Å²) >= 11 is 19.3. The zero-order valence-electron chi connectivity index (χ0n) is 42.3. The normalized spacial score (nSPS) is 21.1. The average molecular weight is 1330 g/mol. The summed E-state index contributed by atoms with van der Waals surface area (Å²) in [6, 6.07) is 4.02. The predicted molar refractivity (Wildman–Crippen MR) is 310 cm³/mol. The number of carbonyl (C=O) groups excluding carboxylic acids is 1. The Morgan fingerprint density at radius 3 is 1.43 bits per heavy atom. The molecule has 6 heterocycles. The first-order valence-corrected chi connectivity index (χ1v) is 31.3. The molecule has 4 atom stereocenters. The number of pyridine rings is 2. The molecule has 4 aromatic rings. The Morgan fingerprint density at radius 2 is 1.08 bits per heavy atom. The molecule has 8 rings (SSSR count). The first-order chi connectivity index (χ1) is 33.9. The molecular formula is C49H65Cl2I2N11O4S4. The van der Waals surface area contributed by atoms with Gasteiger partial charge in [0.1, 0.15) is 44.2 Å². The van der Waals surface area contributed by atoms with Crippen LogP contribution in [0.1, 0.15) is 127 Å². The molecular weight excluding hydrogens is 1260 g/mol. The highest BCUT2D eigenvalue weighted by molar-refractivity contribution is 14.1. The quantitative estimate of drug-likeness (QED) is 0.101. The summed E-state index contributed by atoms with van der Waals surface area (Å²) < 4.78 is 39.9. The second-order valence-corrected chi connectivity index (χ2v) is 31.0. The van der Waals surface area contributed by atoms with Crippen LogP contribution in [0.15, 0.2) is 56.8 Å². The van der Waals surface area contributed by atoms with Gasteiger partial charge in [-0.25, -0.2) is 39.6 Å². The Morgan fingerprint density at radius 1 is 0.694 bits per heavy atom. The molecule has 2 N–H and O–H groups in total. The fraction of sp³-hybridized carbons (Fsp3) is 0.612. The van der Waals surface area contributed by atoms with Crippen molar-refractivity contribution in [3.05, 3.63) is 54.4 Å².